The van der Waals surface area contributed by atoms with Crippen molar-refractivity contribution in [3.05, 3.63) is 59.2 Å². The van der Waals surface area contributed by atoms with Crippen LogP contribution in [0.4, 0.5) is 10.5 Å². The van der Waals surface area contributed by atoms with Crippen LogP contribution in [0, 0.1) is 6.92 Å². The van der Waals surface area contributed by atoms with Gasteiger partial charge in [0.25, 0.3) is 0 Å². The van der Waals surface area contributed by atoms with Crippen LogP contribution in [0.25, 0.3) is 0 Å². The second-order valence-electron chi connectivity index (χ2n) is 11.5. The monoisotopic (exact) mass is 565 g/mol. The third-order valence-corrected chi connectivity index (χ3v) is 8.42. The Bertz CT molecular complexity index is 1140. The van der Waals surface area contributed by atoms with E-state index in [1.807, 2.05) is 17.0 Å². The molecule has 2 fully saturated rings. The highest BCUT2D eigenvalue weighted by Crippen LogP contribution is 2.37. The molecule has 2 unspecified atom stereocenters. The van der Waals surface area contributed by atoms with E-state index in [0.717, 1.165) is 68.4 Å². The van der Waals surface area contributed by atoms with Crippen LogP contribution in [0.5, 0.6) is 5.75 Å². The third kappa shape index (κ3) is 8.23. The van der Waals surface area contributed by atoms with Crippen molar-refractivity contribution in [2.24, 2.45) is 0 Å². The number of hydrogen-bond donors (Lipinski definition) is 1. The summed E-state index contributed by atoms with van der Waals surface area (Å²) in [6.07, 6.45) is 7.98. The Morgan fingerprint density at radius 2 is 2.00 bits per heavy atom. The van der Waals surface area contributed by atoms with Crippen LogP contribution in [0.1, 0.15) is 74.6 Å². The number of unbranched alkanes of at least 4 members (excludes halogenated alkanes) is 1. The molecule has 41 heavy (non-hydrogen) atoms. The molecule has 5 rings (SSSR count). The lowest BCUT2D eigenvalue weighted by atomic mass is 10.0. The predicted molar refractivity (Wildman–Crippen MR) is 162 cm³/mol. The van der Waals surface area contributed by atoms with E-state index in [1.165, 1.54) is 29.0 Å². The van der Waals surface area contributed by atoms with Crippen molar-refractivity contribution in [3.8, 4) is 5.75 Å². The third-order valence-electron chi connectivity index (χ3n) is 8.42. The molecular formula is C33H47N3O5. The van der Waals surface area contributed by atoms with Crippen molar-refractivity contribution in [2.75, 3.05) is 44.8 Å². The molecule has 2 aromatic carbocycles. The van der Waals surface area contributed by atoms with E-state index in [4.69, 9.17) is 9.47 Å². The molecule has 1 amide bonds. The average Bonchev–Trinajstić information content (AvgIpc) is 3.60. The second-order valence-corrected chi connectivity index (χ2v) is 11.5. The highest BCUT2D eigenvalue weighted by molar-refractivity contribution is 5.67. The number of hydrogen-bond acceptors (Lipinski definition) is 6. The Balaban J connectivity index is 0.000000251. The molecule has 2 aromatic rings. The number of carboxylic acid groups (broad SMARTS) is 1. The van der Waals surface area contributed by atoms with Gasteiger partial charge in [-0.25, -0.2) is 4.79 Å². The number of nitrogens with zero attached hydrogens (tertiary/aromatic N) is 3. The van der Waals surface area contributed by atoms with Gasteiger partial charge in [0.1, 0.15) is 12.0 Å². The molecule has 0 bridgehead atoms. The zero-order valence-electron chi connectivity index (χ0n) is 25.0. The number of benzene rings is 2. The first kappa shape index (κ1) is 30.8. The summed E-state index contributed by atoms with van der Waals surface area (Å²) < 4.78 is 11.4. The topological polar surface area (TPSA) is 82.6 Å². The van der Waals surface area contributed by atoms with Crippen LogP contribution in [0.2, 0.25) is 0 Å². The number of carbonyl (C=O) groups is 2. The molecule has 3 heterocycles. The maximum absolute atomic E-state index is 12.2. The van der Waals surface area contributed by atoms with Gasteiger partial charge in [-0.05, 0) is 86.4 Å². The molecule has 0 aromatic heterocycles. The van der Waals surface area contributed by atoms with Gasteiger partial charge in [0, 0.05) is 38.9 Å². The van der Waals surface area contributed by atoms with Crippen molar-refractivity contribution in [1.82, 2.24) is 9.80 Å². The number of rotatable bonds is 10. The summed E-state index contributed by atoms with van der Waals surface area (Å²) in [5.74, 6) is 0.888. The maximum Gasteiger partial charge on any atom is 0.409 e. The Morgan fingerprint density at radius 3 is 2.71 bits per heavy atom. The van der Waals surface area contributed by atoms with Gasteiger partial charge in [-0.2, -0.15) is 0 Å². The Labute approximate surface area is 245 Å². The van der Waals surface area contributed by atoms with Crippen molar-refractivity contribution in [1.29, 1.82) is 0 Å². The predicted octanol–water partition coefficient (Wildman–Crippen LogP) is 6.06. The molecule has 0 saturated carbocycles. The molecule has 0 radical (unpaired) electrons. The van der Waals surface area contributed by atoms with Crippen LogP contribution < -0.4 is 9.64 Å². The standard InChI is InChI=1S/C21H28N2O5.C12H19N/c24-10-9-22-14-18(15-4-6-19-16(13-15)8-12-28-19)23(21(25)26)20(22)7-5-17-3-1-2-11-27-17;1-4-5-9-13(3)12-8-6-7-11(2)10-12/h4,6,10,13,17-18,20H,1-3,5,7-9,11-12,14H2,(H,25,26);6-8,10H,4-5,9H2,1-3H3/t17?,18?,20-;/m1./s1. The molecule has 3 aliphatic heterocycles. The van der Waals surface area contributed by atoms with Crippen molar-refractivity contribution >= 4 is 18.1 Å². The van der Waals surface area contributed by atoms with Gasteiger partial charge in [-0.1, -0.05) is 31.5 Å². The number of aryl methyl sites for hydroxylation is 1. The molecule has 3 atom stereocenters. The van der Waals surface area contributed by atoms with Crippen LogP contribution >= 0.6 is 0 Å². The molecule has 0 aliphatic carbocycles. The summed E-state index contributed by atoms with van der Waals surface area (Å²) in [5.41, 5.74) is 4.76. The number of aldehydes is 1. The van der Waals surface area contributed by atoms with Gasteiger partial charge in [0.05, 0.1) is 31.5 Å². The number of amides is 1. The van der Waals surface area contributed by atoms with Crippen LogP contribution in [0.15, 0.2) is 42.5 Å². The van der Waals surface area contributed by atoms with Crippen molar-refractivity contribution < 1.29 is 24.2 Å². The minimum Gasteiger partial charge on any atom is -0.493 e. The van der Waals surface area contributed by atoms with E-state index in [9.17, 15) is 14.7 Å². The van der Waals surface area contributed by atoms with Crippen molar-refractivity contribution in [2.45, 2.75) is 83.5 Å². The Morgan fingerprint density at radius 1 is 1.15 bits per heavy atom. The van der Waals surface area contributed by atoms with Gasteiger partial charge in [-0.15, -0.1) is 0 Å². The number of fused-ring (bicyclic) bond motifs is 1. The van der Waals surface area contributed by atoms with Gasteiger partial charge in [-0.3, -0.25) is 9.80 Å². The zero-order valence-corrected chi connectivity index (χ0v) is 25.0. The van der Waals surface area contributed by atoms with Gasteiger partial charge < -0.3 is 24.3 Å². The van der Waals surface area contributed by atoms with Crippen LogP contribution in [-0.2, 0) is 16.0 Å². The summed E-state index contributed by atoms with van der Waals surface area (Å²) in [4.78, 5) is 29.3. The number of carbonyl (C=O) groups excluding carboxylic acids is 1. The summed E-state index contributed by atoms with van der Waals surface area (Å²) in [6, 6.07) is 14.3. The lowest BCUT2D eigenvalue weighted by molar-refractivity contribution is -0.109. The lowest BCUT2D eigenvalue weighted by Crippen LogP contribution is -2.43. The lowest BCUT2D eigenvalue weighted by Gasteiger charge is -2.31. The second kappa shape index (κ2) is 15.2. The van der Waals surface area contributed by atoms with Gasteiger partial charge >= 0.3 is 6.09 Å². The van der Waals surface area contributed by atoms with Crippen LogP contribution in [0.3, 0.4) is 0 Å². The first-order valence-corrected chi connectivity index (χ1v) is 15.2. The molecule has 3 aliphatic rings. The van der Waals surface area contributed by atoms with Gasteiger partial charge in [0.15, 0.2) is 0 Å². The number of anilines is 1. The van der Waals surface area contributed by atoms with Crippen LogP contribution in [-0.4, -0.2) is 79.5 Å². The molecule has 2 saturated heterocycles. The molecule has 8 heteroatoms. The SMILES string of the molecule is CCCCN(C)c1cccc(C)c1.O=CCN1CC(c2ccc3c(c2)CCO3)N(C(=O)O)[C@@H]1CCC1CCCCO1. The van der Waals surface area contributed by atoms with Crippen molar-refractivity contribution in [3.63, 3.8) is 0 Å². The highest BCUT2D eigenvalue weighted by atomic mass is 16.5. The molecule has 0 spiro atoms. The van der Waals surface area contributed by atoms with E-state index >= 15 is 0 Å². The van der Waals surface area contributed by atoms with E-state index in [-0.39, 0.29) is 24.9 Å². The Kier molecular flexibility index (Phi) is 11.5. The fourth-order valence-electron chi connectivity index (χ4n) is 6.13. The minimum absolute atomic E-state index is 0.193. The van der Waals surface area contributed by atoms with E-state index < -0.39 is 6.09 Å². The zero-order chi connectivity index (χ0) is 29.2. The fourth-order valence-corrected chi connectivity index (χ4v) is 6.13. The molecule has 224 valence electrons. The summed E-state index contributed by atoms with van der Waals surface area (Å²) >= 11 is 0. The molecule has 1 N–H and O–H groups in total. The first-order chi connectivity index (χ1) is 19.9. The fraction of sp³-hybridized carbons (Fsp3) is 0.576. The average molecular weight is 566 g/mol. The molecule has 8 nitrogen and oxygen atoms in total. The van der Waals surface area contributed by atoms with E-state index in [0.29, 0.717) is 19.6 Å². The largest absolute Gasteiger partial charge is 0.493 e. The summed E-state index contributed by atoms with van der Waals surface area (Å²) in [5, 5.41) is 9.99. The van der Waals surface area contributed by atoms with Gasteiger partial charge in [0.2, 0.25) is 0 Å². The quantitative estimate of drug-likeness (QED) is 0.351. The highest BCUT2D eigenvalue weighted by Gasteiger charge is 2.43. The van der Waals surface area contributed by atoms with E-state index in [1.54, 1.807) is 0 Å². The smallest absolute Gasteiger partial charge is 0.409 e. The number of ether oxygens (including phenoxy) is 2. The maximum atomic E-state index is 12.2. The Hall–Kier alpha value is -3.10. The summed E-state index contributed by atoms with van der Waals surface area (Å²) in [6.45, 7) is 7.75. The first-order valence-electron chi connectivity index (χ1n) is 15.2. The summed E-state index contributed by atoms with van der Waals surface area (Å²) in [7, 11) is 2.16. The minimum atomic E-state index is -0.940. The van der Waals surface area contributed by atoms with E-state index in [2.05, 4.69) is 56.1 Å². The molecular weight excluding hydrogens is 518 g/mol. The normalized spacial score (nSPS) is 21.9.